The van der Waals surface area contributed by atoms with Crippen LogP contribution in [0.3, 0.4) is 0 Å². The van der Waals surface area contributed by atoms with Crippen LogP contribution in [-0.4, -0.2) is 37.0 Å². The van der Waals surface area contributed by atoms with Gasteiger partial charge in [0.1, 0.15) is 5.75 Å². The fraction of sp³-hybridized carbons (Fsp3) is 0.409. The molecule has 2 aromatic carbocycles. The van der Waals surface area contributed by atoms with E-state index in [0.29, 0.717) is 12.6 Å². The number of hydrogen-bond donors (Lipinski definition) is 2. The summed E-state index contributed by atoms with van der Waals surface area (Å²) in [6.07, 6.45) is -1.75. The number of benzene rings is 2. The molecule has 2 aromatic rings. The highest BCUT2D eigenvalue weighted by atomic mass is 19.4. The molecule has 8 heteroatoms. The Morgan fingerprint density at radius 1 is 1.13 bits per heavy atom. The molecule has 1 amide bonds. The Balaban J connectivity index is 1.37. The molecule has 1 fully saturated rings. The van der Waals surface area contributed by atoms with Crippen LogP contribution in [0.4, 0.5) is 13.2 Å². The molecule has 1 saturated heterocycles. The molecule has 0 aliphatic carbocycles. The Hall–Kier alpha value is -2.58. The largest absolute Gasteiger partial charge is 0.484 e. The normalized spacial score (nSPS) is 18.9. The van der Waals surface area contributed by atoms with Crippen LogP contribution in [0.15, 0.2) is 54.6 Å². The van der Waals surface area contributed by atoms with Crippen molar-refractivity contribution < 1.29 is 22.7 Å². The Kier molecular flexibility index (Phi) is 7.33. The van der Waals surface area contributed by atoms with Gasteiger partial charge in [-0.3, -0.25) is 15.6 Å². The van der Waals surface area contributed by atoms with Gasteiger partial charge in [0.2, 0.25) is 0 Å². The van der Waals surface area contributed by atoms with E-state index in [9.17, 15) is 18.0 Å². The summed E-state index contributed by atoms with van der Waals surface area (Å²) in [6, 6.07) is 15.4. The molecule has 162 valence electrons. The van der Waals surface area contributed by atoms with Gasteiger partial charge in [-0.2, -0.15) is 13.2 Å². The minimum absolute atomic E-state index is 0.0276. The molecule has 1 heterocycles. The standard InChI is InChI=1S/C22H26F3N3O2/c1-28(21(29)15-30-19-11-5-9-17(13-19)22(23,24)25)12-6-10-18-14-20(27-26-18)16-7-3-2-4-8-16/h2-5,7-9,11,13,18,20,26-27H,6,10,12,14-15H2,1H3. The summed E-state index contributed by atoms with van der Waals surface area (Å²) >= 11 is 0. The lowest BCUT2D eigenvalue weighted by Crippen LogP contribution is -2.34. The molecule has 0 spiro atoms. The topological polar surface area (TPSA) is 53.6 Å². The van der Waals surface area contributed by atoms with E-state index < -0.39 is 11.7 Å². The van der Waals surface area contributed by atoms with Crippen molar-refractivity contribution in [2.45, 2.75) is 37.5 Å². The predicted molar refractivity (Wildman–Crippen MR) is 108 cm³/mol. The Morgan fingerprint density at radius 2 is 1.90 bits per heavy atom. The second-order valence-electron chi connectivity index (χ2n) is 7.46. The second-order valence-corrected chi connectivity index (χ2v) is 7.46. The van der Waals surface area contributed by atoms with Gasteiger partial charge in [0.05, 0.1) is 5.56 Å². The van der Waals surface area contributed by atoms with Crippen molar-refractivity contribution in [3.63, 3.8) is 0 Å². The van der Waals surface area contributed by atoms with Crippen LogP contribution in [0.2, 0.25) is 0 Å². The quantitative estimate of drug-likeness (QED) is 0.678. The maximum Gasteiger partial charge on any atom is 0.416 e. The number of ether oxygens (including phenoxy) is 1. The molecule has 1 aliphatic heterocycles. The molecule has 1 aliphatic rings. The highest BCUT2D eigenvalue weighted by Crippen LogP contribution is 2.31. The molecule has 30 heavy (non-hydrogen) atoms. The van der Waals surface area contributed by atoms with Gasteiger partial charge >= 0.3 is 6.18 Å². The summed E-state index contributed by atoms with van der Waals surface area (Å²) in [5.74, 6) is -0.244. The zero-order valence-electron chi connectivity index (χ0n) is 16.8. The fourth-order valence-corrected chi connectivity index (χ4v) is 3.43. The monoisotopic (exact) mass is 421 g/mol. The van der Waals surface area contributed by atoms with E-state index in [-0.39, 0.29) is 24.3 Å². The fourth-order valence-electron chi connectivity index (χ4n) is 3.43. The predicted octanol–water partition coefficient (Wildman–Crippen LogP) is 3.93. The van der Waals surface area contributed by atoms with Gasteiger partial charge in [0, 0.05) is 25.7 Å². The Labute approximate surface area is 174 Å². The number of amides is 1. The first-order chi connectivity index (χ1) is 14.3. The number of hydrazine groups is 1. The number of alkyl halides is 3. The van der Waals surface area contributed by atoms with Crippen LogP contribution in [-0.2, 0) is 11.0 Å². The van der Waals surface area contributed by atoms with Gasteiger partial charge in [-0.15, -0.1) is 0 Å². The molecule has 0 radical (unpaired) electrons. The maximum absolute atomic E-state index is 12.7. The van der Waals surface area contributed by atoms with Crippen LogP contribution >= 0.6 is 0 Å². The maximum atomic E-state index is 12.7. The zero-order chi connectivity index (χ0) is 21.6. The average Bonchev–Trinajstić information content (AvgIpc) is 3.21. The number of carbonyl (C=O) groups is 1. The van der Waals surface area contributed by atoms with Crippen LogP contribution < -0.4 is 15.6 Å². The van der Waals surface area contributed by atoms with E-state index in [4.69, 9.17) is 4.74 Å². The van der Waals surface area contributed by atoms with E-state index in [0.717, 1.165) is 31.4 Å². The van der Waals surface area contributed by atoms with Crippen molar-refractivity contribution in [3.05, 3.63) is 65.7 Å². The second kappa shape index (κ2) is 9.95. The van der Waals surface area contributed by atoms with Crippen molar-refractivity contribution in [2.75, 3.05) is 20.2 Å². The van der Waals surface area contributed by atoms with E-state index in [1.807, 2.05) is 18.2 Å². The number of halogens is 3. The van der Waals surface area contributed by atoms with Crippen LogP contribution in [0, 0.1) is 0 Å². The van der Waals surface area contributed by atoms with E-state index in [2.05, 4.69) is 23.0 Å². The van der Waals surface area contributed by atoms with Gasteiger partial charge in [-0.1, -0.05) is 36.4 Å². The number of rotatable bonds is 8. The first-order valence-electron chi connectivity index (χ1n) is 9.93. The number of hydrogen-bond acceptors (Lipinski definition) is 4. The molecular weight excluding hydrogens is 395 g/mol. The third-order valence-electron chi connectivity index (χ3n) is 5.18. The lowest BCUT2D eigenvalue weighted by atomic mass is 10.00. The molecular formula is C22H26F3N3O2. The van der Waals surface area contributed by atoms with Crippen LogP contribution in [0.1, 0.15) is 36.4 Å². The highest BCUT2D eigenvalue weighted by Gasteiger charge is 2.30. The van der Waals surface area contributed by atoms with Crippen molar-refractivity contribution >= 4 is 5.91 Å². The summed E-state index contributed by atoms with van der Waals surface area (Å²) in [6.45, 7) is 0.260. The van der Waals surface area contributed by atoms with Gasteiger partial charge in [0.15, 0.2) is 6.61 Å². The molecule has 2 atom stereocenters. The molecule has 5 nitrogen and oxygen atoms in total. The van der Waals surface area contributed by atoms with Crippen molar-refractivity contribution in [1.29, 1.82) is 0 Å². The van der Waals surface area contributed by atoms with Gasteiger partial charge in [-0.25, -0.2) is 0 Å². The van der Waals surface area contributed by atoms with Crippen molar-refractivity contribution in [2.24, 2.45) is 0 Å². The summed E-state index contributed by atoms with van der Waals surface area (Å²) in [5, 5.41) is 0. The van der Waals surface area contributed by atoms with Gasteiger partial charge in [-0.05, 0) is 43.0 Å². The van der Waals surface area contributed by atoms with Crippen molar-refractivity contribution in [3.8, 4) is 5.75 Å². The first-order valence-corrected chi connectivity index (χ1v) is 9.93. The minimum atomic E-state index is -4.44. The lowest BCUT2D eigenvalue weighted by molar-refractivity contribution is -0.137. The van der Waals surface area contributed by atoms with E-state index in [1.54, 1.807) is 11.9 Å². The summed E-state index contributed by atoms with van der Waals surface area (Å²) in [5.41, 5.74) is 7.05. The van der Waals surface area contributed by atoms with Crippen molar-refractivity contribution in [1.82, 2.24) is 15.8 Å². The number of carbonyl (C=O) groups excluding carboxylic acids is 1. The van der Waals surface area contributed by atoms with Gasteiger partial charge in [0.25, 0.3) is 5.91 Å². The lowest BCUT2D eigenvalue weighted by Gasteiger charge is -2.19. The Bertz CT molecular complexity index is 830. The molecule has 2 unspecified atom stereocenters. The molecule has 0 bridgehead atoms. The summed E-state index contributed by atoms with van der Waals surface area (Å²) in [7, 11) is 1.67. The Morgan fingerprint density at radius 3 is 2.63 bits per heavy atom. The molecule has 0 saturated carbocycles. The number of likely N-dealkylation sites (N-methyl/N-ethyl adjacent to an activating group) is 1. The molecule has 0 aromatic heterocycles. The first kappa shape index (κ1) is 22.1. The number of nitrogens with one attached hydrogen (secondary N) is 2. The van der Waals surface area contributed by atoms with Crippen LogP contribution in [0.5, 0.6) is 5.75 Å². The highest BCUT2D eigenvalue weighted by molar-refractivity contribution is 5.77. The summed E-state index contributed by atoms with van der Waals surface area (Å²) < 4.78 is 43.5. The van der Waals surface area contributed by atoms with E-state index in [1.165, 1.54) is 17.7 Å². The SMILES string of the molecule is CN(CCCC1CC(c2ccccc2)NN1)C(=O)COc1cccc(C(F)(F)F)c1. The smallest absolute Gasteiger partial charge is 0.416 e. The van der Waals surface area contributed by atoms with E-state index >= 15 is 0 Å². The van der Waals surface area contributed by atoms with Crippen LogP contribution in [0.25, 0.3) is 0 Å². The average molecular weight is 421 g/mol. The third-order valence-corrected chi connectivity index (χ3v) is 5.18. The summed E-state index contributed by atoms with van der Waals surface area (Å²) in [4.78, 5) is 13.8. The minimum Gasteiger partial charge on any atom is -0.484 e. The zero-order valence-corrected chi connectivity index (χ0v) is 16.8. The third kappa shape index (κ3) is 6.21. The number of nitrogens with zero attached hydrogens (tertiary/aromatic N) is 1. The van der Waals surface area contributed by atoms with Gasteiger partial charge < -0.3 is 9.64 Å². The molecule has 2 N–H and O–H groups in total. The molecule has 3 rings (SSSR count).